The van der Waals surface area contributed by atoms with Gasteiger partial charge in [-0.2, -0.15) is 0 Å². The minimum absolute atomic E-state index is 0.254. The molecule has 0 fully saturated rings. The number of para-hydroxylation sites is 1. The SMILES string of the molecule is CCOc1ccccc1C(=O)N[C@H](C(=O)OCC(=O)N(Cc1ccccc1)Cc1ccccc1)C(C)C. The summed E-state index contributed by atoms with van der Waals surface area (Å²) >= 11 is 0. The Morgan fingerprint density at radius 1 is 0.811 bits per heavy atom. The second-order valence-electron chi connectivity index (χ2n) is 8.95. The topological polar surface area (TPSA) is 84.9 Å². The van der Waals surface area contributed by atoms with Crippen molar-refractivity contribution in [3.63, 3.8) is 0 Å². The van der Waals surface area contributed by atoms with Crippen LogP contribution in [0.25, 0.3) is 0 Å². The molecule has 3 rings (SSSR count). The van der Waals surface area contributed by atoms with Gasteiger partial charge in [0.15, 0.2) is 6.61 Å². The number of hydrogen-bond acceptors (Lipinski definition) is 5. The fraction of sp³-hybridized carbons (Fsp3) is 0.300. The second kappa shape index (κ2) is 13.8. The molecule has 7 nitrogen and oxygen atoms in total. The van der Waals surface area contributed by atoms with Gasteiger partial charge in [-0.15, -0.1) is 0 Å². The van der Waals surface area contributed by atoms with Gasteiger partial charge in [-0.25, -0.2) is 4.79 Å². The Kier molecular flexibility index (Phi) is 10.3. The van der Waals surface area contributed by atoms with Crippen molar-refractivity contribution in [2.75, 3.05) is 13.2 Å². The summed E-state index contributed by atoms with van der Waals surface area (Å²) in [6.45, 7) is 6.19. The van der Waals surface area contributed by atoms with Gasteiger partial charge in [0.25, 0.3) is 11.8 Å². The van der Waals surface area contributed by atoms with Gasteiger partial charge in [-0.3, -0.25) is 9.59 Å². The van der Waals surface area contributed by atoms with Crippen LogP contribution in [0.2, 0.25) is 0 Å². The van der Waals surface area contributed by atoms with Crippen LogP contribution in [0.4, 0.5) is 0 Å². The zero-order valence-electron chi connectivity index (χ0n) is 21.6. The van der Waals surface area contributed by atoms with E-state index in [1.165, 1.54) is 0 Å². The largest absolute Gasteiger partial charge is 0.493 e. The molecule has 194 valence electrons. The first-order valence-corrected chi connectivity index (χ1v) is 12.4. The fourth-order valence-electron chi connectivity index (χ4n) is 3.81. The van der Waals surface area contributed by atoms with Crippen molar-refractivity contribution in [2.24, 2.45) is 5.92 Å². The van der Waals surface area contributed by atoms with Crippen LogP contribution in [0.5, 0.6) is 5.75 Å². The minimum atomic E-state index is -0.924. The van der Waals surface area contributed by atoms with Crippen LogP contribution in [0.15, 0.2) is 84.9 Å². The van der Waals surface area contributed by atoms with E-state index in [0.29, 0.717) is 31.0 Å². The van der Waals surface area contributed by atoms with Crippen LogP contribution in [0.3, 0.4) is 0 Å². The number of ether oxygens (including phenoxy) is 2. The van der Waals surface area contributed by atoms with E-state index in [0.717, 1.165) is 11.1 Å². The number of carbonyl (C=O) groups is 3. The van der Waals surface area contributed by atoms with E-state index in [-0.39, 0.29) is 11.8 Å². The van der Waals surface area contributed by atoms with Crippen LogP contribution >= 0.6 is 0 Å². The number of carbonyl (C=O) groups excluding carboxylic acids is 3. The first-order chi connectivity index (χ1) is 17.9. The molecule has 7 heteroatoms. The standard InChI is InChI=1S/C30H34N2O5/c1-4-36-26-18-12-11-17-25(26)29(34)31-28(22(2)3)30(35)37-21-27(33)32(19-23-13-7-5-8-14-23)20-24-15-9-6-10-16-24/h5-18,22,28H,4,19-21H2,1-3H3,(H,31,34)/t28-/m0/s1. The molecule has 0 spiro atoms. The lowest BCUT2D eigenvalue weighted by molar-refractivity contribution is -0.155. The lowest BCUT2D eigenvalue weighted by Gasteiger charge is -2.25. The quantitative estimate of drug-likeness (QED) is 0.366. The Labute approximate surface area is 218 Å². The maximum atomic E-state index is 13.2. The Morgan fingerprint density at radius 3 is 1.89 bits per heavy atom. The highest BCUT2D eigenvalue weighted by Crippen LogP contribution is 2.19. The second-order valence-corrected chi connectivity index (χ2v) is 8.95. The van der Waals surface area contributed by atoms with E-state index < -0.39 is 24.5 Å². The van der Waals surface area contributed by atoms with Crippen molar-refractivity contribution in [3.8, 4) is 5.75 Å². The minimum Gasteiger partial charge on any atom is -0.493 e. The molecular weight excluding hydrogens is 468 g/mol. The highest BCUT2D eigenvalue weighted by molar-refractivity contribution is 5.99. The van der Waals surface area contributed by atoms with E-state index in [9.17, 15) is 14.4 Å². The molecule has 0 radical (unpaired) electrons. The van der Waals surface area contributed by atoms with Crippen molar-refractivity contribution in [1.29, 1.82) is 0 Å². The average molecular weight is 503 g/mol. The van der Waals surface area contributed by atoms with E-state index >= 15 is 0 Å². The molecule has 0 aliphatic carbocycles. The van der Waals surface area contributed by atoms with Crippen LogP contribution in [0.1, 0.15) is 42.3 Å². The van der Waals surface area contributed by atoms with Gasteiger partial charge < -0.3 is 19.7 Å². The number of benzene rings is 3. The summed E-state index contributed by atoms with van der Waals surface area (Å²) < 4.78 is 11.0. The fourth-order valence-corrected chi connectivity index (χ4v) is 3.81. The summed E-state index contributed by atoms with van der Waals surface area (Å²) in [6.07, 6.45) is 0. The zero-order chi connectivity index (χ0) is 26.6. The molecule has 0 bridgehead atoms. The lowest BCUT2D eigenvalue weighted by Crippen LogP contribution is -2.46. The maximum absolute atomic E-state index is 13.2. The molecule has 3 aromatic carbocycles. The smallest absolute Gasteiger partial charge is 0.329 e. The van der Waals surface area contributed by atoms with E-state index in [1.807, 2.05) is 67.6 Å². The molecule has 0 heterocycles. The van der Waals surface area contributed by atoms with Crippen molar-refractivity contribution in [1.82, 2.24) is 10.2 Å². The molecule has 0 aliphatic rings. The number of nitrogens with zero attached hydrogens (tertiary/aromatic N) is 1. The highest BCUT2D eigenvalue weighted by atomic mass is 16.5. The molecule has 0 saturated heterocycles. The summed E-state index contributed by atoms with van der Waals surface area (Å²) in [5.74, 6) is -1.25. The predicted molar refractivity (Wildman–Crippen MR) is 142 cm³/mol. The Morgan fingerprint density at radius 2 is 1.35 bits per heavy atom. The lowest BCUT2D eigenvalue weighted by atomic mass is 10.0. The van der Waals surface area contributed by atoms with Gasteiger partial charge in [0.05, 0.1) is 12.2 Å². The Hall–Kier alpha value is -4.13. The number of nitrogens with one attached hydrogen (secondary N) is 1. The molecule has 3 aromatic rings. The summed E-state index contributed by atoms with van der Waals surface area (Å²) in [6, 6.07) is 25.2. The average Bonchev–Trinajstić information content (AvgIpc) is 2.91. The van der Waals surface area contributed by atoms with Gasteiger partial charge in [0.2, 0.25) is 0 Å². The Bertz CT molecular complexity index is 1120. The highest BCUT2D eigenvalue weighted by Gasteiger charge is 2.28. The maximum Gasteiger partial charge on any atom is 0.329 e. The van der Waals surface area contributed by atoms with Crippen LogP contribution in [-0.4, -0.2) is 41.9 Å². The van der Waals surface area contributed by atoms with Crippen LogP contribution in [-0.2, 0) is 27.4 Å². The van der Waals surface area contributed by atoms with Gasteiger partial charge >= 0.3 is 5.97 Å². The van der Waals surface area contributed by atoms with Crippen LogP contribution < -0.4 is 10.1 Å². The number of amides is 2. The van der Waals surface area contributed by atoms with E-state index in [1.54, 1.807) is 43.0 Å². The molecule has 0 aliphatic heterocycles. The molecule has 0 unspecified atom stereocenters. The molecule has 0 aromatic heterocycles. The van der Waals surface area contributed by atoms with Crippen molar-refractivity contribution in [2.45, 2.75) is 39.9 Å². The molecular formula is C30H34N2O5. The first-order valence-electron chi connectivity index (χ1n) is 12.4. The zero-order valence-corrected chi connectivity index (χ0v) is 21.6. The van der Waals surface area contributed by atoms with Gasteiger partial charge in [0, 0.05) is 13.1 Å². The molecule has 37 heavy (non-hydrogen) atoms. The third-order valence-corrected chi connectivity index (χ3v) is 5.76. The van der Waals surface area contributed by atoms with Gasteiger partial charge in [-0.05, 0) is 36.1 Å². The van der Waals surface area contributed by atoms with Gasteiger partial charge in [-0.1, -0.05) is 86.6 Å². The summed E-state index contributed by atoms with van der Waals surface area (Å²) in [4.78, 5) is 40.7. The molecule has 0 saturated carbocycles. The molecule has 1 N–H and O–H groups in total. The van der Waals surface area contributed by atoms with Gasteiger partial charge in [0.1, 0.15) is 11.8 Å². The number of esters is 1. The monoisotopic (exact) mass is 502 g/mol. The normalized spacial score (nSPS) is 11.5. The predicted octanol–water partition coefficient (Wildman–Crippen LogP) is 4.61. The van der Waals surface area contributed by atoms with Crippen molar-refractivity contribution < 1.29 is 23.9 Å². The van der Waals surface area contributed by atoms with E-state index in [2.05, 4.69) is 5.32 Å². The third kappa shape index (κ3) is 8.20. The third-order valence-electron chi connectivity index (χ3n) is 5.76. The van der Waals surface area contributed by atoms with E-state index in [4.69, 9.17) is 9.47 Å². The number of rotatable bonds is 12. The summed E-state index contributed by atoms with van der Waals surface area (Å²) in [5.41, 5.74) is 2.27. The van der Waals surface area contributed by atoms with Crippen molar-refractivity contribution in [3.05, 3.63) is 102 Å². The summed E-state index contributed by atoms with van der Waals surface area (Å²) in [5, 5.41) is 2.75. The first kappa shape index (κ1) is 27.5. The molecule has 1 atom stereocenters. The van der Waals surface area contributed by atoms with Crippen LogP contribution in [0, 0.1) is 5.92 Å². The van der Waals surface area contributed by atoms with Crippen molar-refractivity contribution >= 4 is 17.8 Å². The Balaban J connectivity index is 1.67. The summed E-state index contributed by atoms with van der Waals surface area (Å²) in [7, 11) is 0. The number of hydrogen-bond donors (Lipinski definition) is 1. The molecule has 2 amide bonds.